The van der Waals surface area contributed by atoms with Crippen molar-refractivity contribution in [1.82, 2.24) is 4.90 Å². The maximum absolute atomic E-state index is 11.8. The summed E-state index contributed by atoms with van der Waals surface area (Å²) in [7, 11) is 0. The molecule has 2 rings (SSSR count). The molecule has 1 aromatic rings. The summed E-state index contributed by atoms with van der Waals surface area (Å²) in [6.45, 7) is 3.98. The van der Waals surface area contributed by atoms with E-state index in [1.807, 2.05) is 0 Å². The van der Waals surface area contributed by atoms with Crippen molar-refractivity contribution >= 4 is 6.09 Å². The van der Waals surface area contributed by atoms with Gasteiger partial charge in [0.25, 0.3) is 0 Å². The number of ether oxygens (including phenoxy) is 1. The van der Waals surface area contributed by atoms with Gasteiger partial charge in [-0.1, -0.05) is 29.8 Å². The minimum absolute atomic E-state index is 0.00299. The summed E-state index contributed by atoms with van der Waals surface area (Å²) >= 11 is 0. The SMILES string of the molecule is Cc1ccc(CN2CCC(CCN)OC2=O)cc1. The molecular weight excluding hydrogens is 228 g/mol. The zero-order valence-electron chi connectivity index (χ0n) is 10.8. The van der Waals surface area contributed by atoms with Crippen molar-refractivity contribution < 1.29 is 9.53 Å². The molecule has 18 heavy (non-hydrogen) atoms. The van der Waals surface area contributed by atoms with Crippen LogP contribution in [0.4, 0.5) is 4.79 Å². The molecule has 1 aliphatic rings. The Hall–Kier alpha value is -1.55. The number of carbonyl (C=O) groups excluding carboxylic acids is 1. The lowest BCUT2D eigenvalue weighted by Gasteiger charge is -2.31. The summed E-state index contributed by atoms with van der Waals surface area (Å²) in [5, 5.41) is 0. The van der Waals surface area contributed by atoms with Crippen LogP contribution in [0.25, 0.3) is 0 Å². The Balaban J connectivity index is 1.91. The number of rotatable bonds is 4. The third-order valence-electron chi connectivity index (χ3n) is 3.23. The number of benzene rings is 1. The normalized spacial score (nSPS) is 19.8. The number of nitrogens with zero attached hydrogens (tertiary/aromatic N) is 1. The van der Waals surface area contributed by atoms with Gasteiger partial charge in [0.1, 0.15) is 6.10 Å². The molecular formula is C14H20N2O2. The molecule has 1 saturated heterocycles. The first-order chi connectivity index (χ1) is 8.69. The molecule has 4 nitrogen and oxygen atoms in total. The fraction of sp³-hybridized carbons (Fsp3) is 0.500. The van der Waals surface area contributed by atoms with E-state index in [9.17, 15) is 4.79 Å². The Kier molecular flexibility index (Phi) is 4.20. The molecule has 4 heteroatoms. The smallest absolute Gasteiger partial charge is 0.410 e. The first-order valence-corrected chi connectivity index (χ1v) is 6.40. The fourth-order valence-corrected chi connectivity index (χ4v) is 2.11. The molecule has 0 saturated carbocycles. The van der Waals surface area contributed by atoms with Crippen molar-refractivity contribution in [2.24, 2.45) is 5.73 Å². The van der Waals surface area contributed by atoms with E-state index >= 15 is 0 Å². The van der Waals surface area contributed by atoms with Gasteiger partial charge in [0, 0.05) is 19.5 Å². The predicted octanol–water partition coefficient (Wildman–Crippen LogP) is 2.05. The largest absolute Gasteiger partial charge is 0.446 e. The van der Waals surface area contributed by atoms with E-state index in [1.54, 1.807) is 4.90 Å². The molecule has 0 radical (unpaired) electrons. The van der Waals surface area contributed by atoms with Crippen LogP contribution in [-0.4, -0.2) is 30.2 Å². The van der Waals surface area contributed by atoms with Crippen LogP contribution in [0.1, 0.15) is 24.0 Å². The number of cyclic esters (lactones) is 1. The second kappa shape index (κ2) is 5.87. The van der Waals surface area contributed by atoms with Gasteiger partial charge in [-0.3, -0.25) is 0 Å². The van der Waals surface area contributed by atoms with E-state index in [0.29, 0.717) is 13.1 Å². The number of nitrogens with two attached hydrogens (primary N) is 1. The van der Waals surface area contributed by atoms with Gasteiger partial charge < -0.3 is 15.4 Å². The average Bonchev–Trinajstić information content (AvgIpc) is 2.36. The predicted molar refractivity (Wildman–Crippen MR) is 70.1 cm³/mol. The Morgan fingerprint density at radius 3 is 2.72 bits per heavy atom. The second-order valence-corrected chi connectivity index (χ2v) is 4.78. The second-order valence-electron chi connectivity index (χ2n) is 4.78. The number of carbonyl (C=O) groups is 1. The van der Waals surface area contributed by atoms with Crippen molar-refractivity contribution in [1.29, 1.82) is 0 Å². The summed E-state index contributed by atoms with van der Waals surface area (Å²) in [4.78, 5) is 13.6. The van der Waals surface area contributed by atoms with Crippen LogP contribution in [0, 0.1) is 6.92 Å². The molecule has 1 amide bonds. The Labute approximate surface area is 108 Å². The molecule has 1 aliphatic heterocycles. The van der Waals surface area contributed by atoms with Crippen LogP contribution in [0.2, 0.25) is 0 Å². The van der Waals surface area contributed by atoms with Crippen molar-refractivity contribution in [3.05, 3.63) is 35.4 Å². The molecule has 1 fully saturated rings. The van der Waals surface area contributed by atoms with Gasteiger partial charge in [-0.05, 0) is 25.5 Å². The number of hydrogen-bond donors (Lipinski definition) is 1. The van der Waals surface area contributed by atoms with Crippen LogP contribution in [0.3, 0.4) is 0 Å². The van der Waals surface area contributed by atoms with Crippen LogP contribution in [0.15, 0.2) is 24.3 Å². The van der Waals surface area contributed by atoms with Gasteiger partial charge in [-0.2, -0.15) is 0 Å². The number of amides is 1. The van der Waals surface area contributed by atoms with Crippen LogP contribution < -0.4 is 5.73 Å². The first-order valence-electron chi connectivity index (χ1n) is 6.40. The molecule has 0 aromatic heterocycles. The maximum Gasteiger partial charge on any atom is 0.410 e. The molecule has 0 bridgehead atoms. The van der Waals surface area contributed by atoms with Gasteiger partial charge in [-0.25, -0.2) is 4.79 Å². The minimum atomic E-state index is -0.222. The highest BCUT2D eigenvalue weighted by Gasteiger charge is 2.26. The van der Waals surface area contributed by atoms with Gasteiger partial charge in [0.2, 0.25) is 0 Å². The number of hydrogen-bond acceptors (Lipinski definition) is 3. The lowest BCUT2D eigenvalue weighted by molar-refractivity contribution is 0.0202. The molecule has 0 spiro atoms. The Bertz CT molecular complexity index is 403. The van der Waals surface area contributed by atoms with Crippen LogP contribution in [-0.2, 0) is 11.3 Å². The third-order valence-corrected chi connectivity index (χ3v) is 3.23. The van der Waals surface area contributed by atoms with Gasteiger partial charge >= 0.3 is 6.09 Å². The summed E-state index contributed by atoms with van der Waals surface area (Å²) in [5.74, 6) is 0. The monoisotopic (exact) mass is 248 g/mol. The van der Waals surface area contributed by atoms with Crippen molar-refractivity contribution in [2.45, 2.75) is 32.4 Å². The molecule has 1 aromatic carbocycles. The summed E-state index contributed by atoms with van der Waals surface area (Å²) in [6.07, 6.45) is 1.40. The highest BCUT2D eigenvalue weighted by atomic mass is 16.6. The van der Waals surface area contributed by atoms with Crippen LogP contribution in [0.5, 0.6) is 0 Å². The Morgan fingerprint density at radius 2 is 2.11 bits per heavy atom. The molecule has 0 aliphatic carbocycles. The highest BCUT2D eigenvalue weighted by molar-refractivity contribution is 5.68. The fourth-order valence-electron chi connectivity index (χ4n) is 2.11. The zero-order chi connectivity index (χ0) is 13.0. The lowest BCUT2D eigenvalue weighted by Crippen LogP contribution is -2.42. The minimum Gasteiger partial charge on any atom is -0.446 e. The Morgan fingerprint density at radius 1 is 1.39 bits per heavy atom. The van der Waals surface area contributed by atoms with Gasteiger partial charge in [0.15, 0.2) is 0 Å². The highest BCUT2D eigenvalue weighted by Crippen LogP contribution is 2.17. The summed E-state index contributed by atoms with van der Waals surface area (Å²) in [5.41, 5.74) is 7.83. The molecule has 1 heterocycles. The molecule has 1 unspecified atom stereocenters. The van der Waals surface area contributed by atoms with E-state index in [4.69, 9.17) is 10.5 Å². The van der Waals surface area contributed by atoms with Crippen LogP contribution >= 0.6 is 0 Å². The average molecular weight is 248 g/mol. The first kappa shape index (κ1) is 12.9. The number of aryl methyl sites for hydroxylation is 1. The molecule has 2 N–H and O–H groups in total. The van der Waals surface area contributed by atoms with Gasteiger partial charge in [0.05, 0.1) is 0 Å². The third kappa shape index (κ3) is 3.23. The van der Waals surface area contributed by atoms with E-state index in [-0.39, 0.29) is 12.2 Å². The summed E-state index contributed by atoms with van der Waals surface area (Å²) in [6, 6.07) is 8.22. The lowest BCUT2D eigenvalue weighted by atomic mass is 10.1. The standard InChI is InChI=1S/C14H20N2O2/c1-11-2-4-12(5-3-11)10-16-9-7-13(6-8-15)18-14(16)17/h2-5,13H,6-10,15H2,1H3. The maximum atomic E-state index is 11.8. The molecule has 1 atom stereocenters. The topological polar surface area (TPSA) is 55.6 Å². The van der Waals surface area contributed by atoms with E-state index in [1.165, 1.54) is 5.56 Å². The van der Waals surface area contributed by atoms with Crippen molar-refractivity contribution in [2.75, 3.05) is 13.1 Å². The zero-order valence-corrected chi connectivity index (χ0v) is 10.8. The van der Waals surface area contributed by atoms with Crippen molar-refractivity contribution in [3.63, 3.8) is 0 Å². The quantitative estimate of drug-likeness (QED) is 0.887. The van der Waals surface area contributed by atoms with E-state index in [2.05, 4.69) is 31.2 Å². The van der Waals surface area contributed by atoms with E-state index < -0.39 is 0 Å². The van der Waals surface area contributed by atoms with Gasteiger partial charge in [-0.15, -0.1) is 0 Å². The van der Waals surface area contributed by atoms with Crippen molar-refractivity contribution in [3.8, 4) is 0 Å². The molecule has 98 valence electrons. The van der Waals surface area contributed by atoms with E-state index in [0.717, 1.165) is 24.9 Å². The summed E-state index contributed by atoms with van der Waals surface area (Å²) < 4.78 is 5.34.